The number of amides is 1. The second-order valence-corrected chi connectivity index (χ2v) is 10.9. The third kappa shape index (κ3) is 5.34. The number of aromatic nitrogens is 4. The second-order valence-electron chi connectivity index (χ2n) is 10.1. The average Bonchev–Trinajstić information content (AvgIpc) is 3.25. The summed E-state index contributed by atoms with van der Waals surface area (Å²) in [5, 5.41) is 4.16. The molecular formula is C28H30Cl2N6O2. The number of likely N-dealkylation sites (N-methyl/N-ethyl adjacent to an activating group) is 1. The van der Waals surface area contributed by atoms with Gasteiger partial charge in [-0.25, -0.2) is 9.67 Å². The average molecular weight is 553 g/mol. The topological polar surface area (TPSA) is 87.1 Å². The highest BCUT2D eigenvalue weighted by Gasteiger charge is 2.27. The van der Waals surface area contributed by atoms with E-state index in [0.29, 0.717) is 45.8 Å². The second kappa shape index (κ2) is 10.9. The van der Waals surface area contributed by atoms with Crippen LogP contribution in [0.3, 0.4) is 0 Å². The van der Waals surface area contributed by atoms with Gasteiger partial charge in [-0.05, 0) is 36.2 Å². The van der Waals surface area contributed by atoms with Gasteiger partial charge in [0.15, 0.2) is 5.82 Å². The number of hydrogen-bond acceptors (Lipinski definition) is 5. The third-order valence-electron chi connectivity index (χ3n) is 6.95. The van der Waals surface area contributed by atoms with Crippen molar-refractivity contribution in [3.8, 4) is 17.1 Å². The Kier molecular flexibility index (Phi) is 7.56. The lowest BCUT2D eigenvalue weighted by Gasteiger charge is -2.32. The van der Waals surface area contributed by atoms with Crippen molar-refractivity contribution >= 4 is 29.1 Å². The molecule has 2 aromatic rings. The SMILES string of the molecule is CC(C)c1[nH]n(-c2c(Cl)cccc2Cl)c2nc(Cc3ccc(CC(=O)N4CCN(C)CC4)cc3)nc(=O)c1-2. The molecule has 0 aliphatic carbocycles. The van der Waals surface area contributed by atoms with Crippen molar-refractivity contribution in [3.63, 3.8) is 0 Å². The van der Waals surface area contributed by atoms with Crippen LogP contribution in [0, 0.1) is 0 Å². The third-order valence-corrected chi connectivity index (χ3v) is 7.56. The standard InChI is InChI=1S/C28H30Cl2N6O2/c1-17(2)25-24-27(36(33-25)26-20(29)5-4-6-21(26)30)31-22(32-28(24)38)15-18-7-9-19(10-8-18)16-23(37)35-13-11-34(3)12-14-35/h4-10,17,33H,11-16H2,1-3H3. The Morgan fingerprint density at radius 2 is 1.61 bits per heavy atom. The molecule has 10 heteroatoms. The summed E-state index contributed by atoms with van der Waals surface area (Å²) in [6, 6.07) is 13.1. The zero-order valence-corrected chi connectivity index (χ0v) is 23.2. The number of aromatic amines is 1. The summed E-state index contributed by atoms with van der Waals surface area (Å²) >= 11 is 13.0. The summed E-state index contributed by atoms with van der Waals surface area (Å²) < 4.78 is 1.68. The molecule has 5 rings (SSSR count). The van der Waals surface area contributed by atoms with E-state index in [1.165, 1.54) is 0 Å². The molecule has 198 valence electrons. The number of carbonyl (C=O) groups is 1. The van der Waals surface area contributed by atoms with Crippen molar-refractivity contribution in [2.45, 2.75) is 32.6 Å². The Hall–Kier alpha value is -3.20. The summed E-state index contributed by atoms with van der Waals surface area (Å²) in [5.41, 5.74) is 3.24. The molecule has 3 heterocycles. The first kappa shape index (κ1) is 26.4. The molecule has 0 bridgehead atoms. The highest BCUT2D eigenvalue weighted by molar-refractivity contribution is 6.37. The van der Waals surface area contributed by atoms with Gasteiger partial charge >= 0.3 is 0 Å². The van der Waals surface area contributed by atoms with E-state index in [9.17, 15) is 9.59 Å². The number of benzene rings is 2. The minimum Gasteiger partial charge on any atom is -0.340 e. The lowest BCUT2D eigenvalue weighted by atomic mass is 10.0. The lowest BCUT2D eigenvalue weighted by Crippen LogP contribution is -2.47. The monoisotopic (exact) mass is 552 g/mol. The van der Waals surface area contributed by atoms with Crippen molar-refractivity contribution in [1.82, 2.24) is 29.5 Å². The van der Waals surface area contributed by atoms with Crippen LogP contribution in [0.15, 0.2) is 47.3 Å². The van der Waals surface area contributed by atoms with Gasteiger partial charge < -0.3 is 9.80 Å². The highest BCUT2D eigenvalue weighted by Crippen LogP contribution is 2.34. The summed E-state index contributed by atoms with van der Waals surface area (Å²) in [6.45, 7) is 7.32. The van der Waals surface area contributed by atoms with Gasteiger partial charge in [0.25, 0.3) is 5.56 Å². The number of para-hydroxylation sites is 1. The molecule has 0 aromatic heterocycles. The van der Waals surface area contributed by atoms with Crippen LogP contribution in [0.1, 0.15) is 42.4 Å². The minimum absolute atomic E-state index is 0.0308. The fourth-order valence-corrected chi connectivity index (χ4v) is 5.33. The Morgan fingerprint density at radius 1 is 0.974 bits per heavy atom. The molecule has 0 saturated carbocycles. The number of nitrogens with one attached hydrogen (secondary N) is 1. The van der Waals surface area contributed by atoms with Gasteiger partial charge in [-0.15, -0.1) is 0 Å². The Labute approximate surface area is 231 Å². The zero-order valence-electron chi connectivity index (χ0n) is 21.7. The van der Waals surface area contributed by atoms with Gasteiger partial charge in [0.2, 0.25) is 5.91 Å². The Balaban J connectivity index is 1.41. The zero-order chi connectivity index (χ0) is 27.0. The van der Waals surface area contributed by atoms with Gasteiger partial charge in [0.1, 0.15) is 17.1 Å². The first-order chi connectivity index (χ1) is 18.2. The Bertz CT molecular complexity index is 1470. The number of carbonyl (C=O) groups excluding carboxylic acids is 1. The number of nitrogens with zero attached hydrogens (tertiary/aromatic N) is 5. The molecule has 3 aliphatic heterocycles. The van der Waals surface area contributed by atoms with Crippen molar-refractivity contribution < 1.29 is 4.79 Å². The summed E-state index contributed by atoms with van der Waals surface area (Å²) in [6.07, 6.45) is 0.743. The first-order valence-corrected chi connectivity index (χ1v) is 13.5. The molecule has 0 spiro atoms. The maximum absolute atomic E-state index is 13.2. The first-order valence-electron chi connectivity index (χ1n) is 12.7. The van der Waals surface area contributed by atoms with Gasteiger partial charge in [0.05, 0.1) is 22.2 Å². The van der Waals surface area contributed by atoms with E-state index in [1.54, 1.807) is 22.9 Å². The van der Waals surface area contributed by atoms with Gasteiger partial charge in [-0.3, -0.25) is 14.7 Å². The van der Waals surface area contributed by atoms with Crippen LogP contribution in [0.5, 0.6) is 0 Å². The van der Waals surface area contributed by atoms with E-state index in [-0.39, 0.29) is 17.4 Å². The number of rotatable bonds is 6. The molecule has 2 aromatic carbocycles. The normalized spacial score (nSPS) is 14.5. The van der Waals surface area contributed by atoms with Gasteiger partial charge in [-0.1, -0.05) is 67.4 Å². The molecule has 8 nitrogen and oxygen atoms in total. The van der Waals surface area contributed by atoms with Crippen LogP contribution in [0.2, 0.25) is 10.0 Å². The Morgan fingerprint density at radius 3 is 2.24 bits per heavy atom. The molecule has 1 N–H and O–H groups in total. The fraction of sp³-hybridized carbons (Fsp3) is 0.357. The maximum Gasteiger partial charge on any atom is 0.284 e. The molecule has 1 amide bonds. The number of halogens is 2. The van der Waals surface area contributed by atoms with Crippen LogP contribution in [-0.2, 0) is 17.6 Å². The highest BCUT2D eigenvalue weighted by atomic mass is 35.5. The van der Waals surface area contributed by atoms with Crippen molar-refractivity contribution in [3.05, 3.63) is 85.5 Å². The van der Waals surface area contributed by atoms with E-state index in [1.807, 2.05) is 43.0 Å². The molecule has 0 unspecified atom stereocenters. The van der Waals surface area contributed by atoms with Gasteiger partial charge in [-0.2, -0.15) is 4.98 Å². The van der Waals surface area contributed by atoms with Crippen LogP contribution in [0.4, 0.5) is 0 Å². The molecule has 0 radical (unpaired) electrons. The van der Waals surface area contributed by atoms with Crippen LogP contribution < -0.4 is 5.56 Å². The molecule has 3 aliphatic rings. The van der Waals surface area contributed by atoms with E-state index in [0.717, 1.165) is 43.0 Å². The predicted octanol–water partition coefficient (Wildman–Crippen LogP) is 4.40. The molecule has 1 saturated heterocycles. The van der Waals surface area contributed by atoms with Crippen molar-refractivity contribution in [2.24, 2.45) is 0 Å². The maximum atomic E-state index is 13.2. The molecule has 38 heavy (non-hydrogen) atoms. The quantitative estimate of drug-likeness (QED) is 0.383. The fourth-order valence-electron chi connectivity index (χ4n) is 4.76. The predicted molar refractivity (Wildman–Crippen MR) is 150 cm³/mol. The van der Waals surface area contributed by atoms with E-state index in [2.05, 4.69) is 22.0 Å². The molecular weight excluding hydrogens is 523 g/mol. The number of H-pyrrole nitrogens is 1. The van der Waals surface area contributed by atoms with E-state index < -0.39 is 0 Å². The smallest absolute Gasteiger partial charge is 0.284 e. The lowest BCUT2D eigenvalue weighted by molar-refractivity contribution is -0.132. The van der Waals surface area contributed by atoms with Crippen LogP contribution in [0.25, 0.3) is 17.1 Å². The van der Waals surface area contributed by atoms with Crippen molar-refractivity contribution in [1.29, 1.82) is 0 Å². The number of fused-ring (bicyclic) bond motifs is 1. The minimum atomic E-state index is -0.346. The largest absolute Gasteiger partial charge is 0.340 e. The van der Waals surface area contributed by atoms with Gasteiger partial charge in [0, 0.05) is 32.6 Å². The number of piperazine rings is 1. The van der Waals surface area contributed by atoms with E-state index >= 15 is 0 Å². The summed E-state index contributed by atoms with van der Waals surface area (Å²) in [5.74, 6) is 1.01. The van der Waals surface area contributed by atoms with Crippen LogP contribution in [-0.4, -0.2) is 68.7 Å². The van der Waals surface area contributed by atoms with Crippen LogP contribution >= 0.6 is 23.2 Å². The number of hydrogen-bond donors (Lipinski definition) is 1. The molecule has 0 atom stereocenters. The van der Waals surface area contributed by atoms with Crippen molar-refractivity contribution in [2.75, 3.05) is 33.2 Å². The summed E-state index contributed by atoms with van der Waals surface area (Å²) in [4.78, 5) is 39.1. The van der Waals surface area contributed by atoms with E-state index in [4.69, 9.17) is 28.2 Å². The summed E-state index contributed by atoms with van der Waals surface area (Å²) in [7, 11) is 2.07. The molecule has 1 fully saturated rings.